The van der Waals surface area contributed by atoms with E-state index in [1.807, 2.05) is 24.6 Å². The van der Waals surface area contributed by atoms with Gasteiger partial charge in [0.25, 0.3) is 0 Å². The minimum absolute atomic E-state index is 0.100. The first kappa shape index (κ1) is 18.5. The highest BCUT2D eigenvalue weighted by molar-refractivity contribution is 7.98. The van der Waals surface area contributed by atoms with E-state index in [1.54, 1.807) is 23.9 Å². The summed E-state index contributed by atoms with van der Waals surface area (Å²) in [7, 11) is -3.69. The summed E-state index contributed by atoms with van der Waals surface area (Å²) in [5.41, 5.74) is 4.31. The zero-order valence-corrected chi connectivity index (χ0v) is 16.8. The molecule has 0 radical (unpaired) electrons. The Labute approximate surface area is 164 Å². The smallest absolute Gasteiger partial charge is 0.238 e. The van der Waals surface area contributed by atoms with Crippen LogP contribution in [-0.2, 0) is 10.0 Å². The molecule has 0 unspecified atom stereocenters. The Kier molecular flexibility index (Phi) is 4.74. The Morgan fingerprint density at radius 1 is 1.00 bits per heavy atom. The van der Waals surface area contributed by atoms with Crippen molar-refractivity contribution in [1.82, 2.24) is 4.98 Å². The second kappa shape index (κ2) is 6.93. The van der Waals surface area contributed by atoms with Crippen molar-refractivity contribution >= 4 is 32.9 Å². The number of primary sulfonamides is 1. The fourth-order valence-corrected chi connectivity index (χ4v) is 4.91. The molecule has 4 nitrogen and oxygen atoms in total. The van der Waals surface area contributed by atoms with E-state index >= 15 is 0 Å². The van der Waals surface area contributed by atoms with Crippen LogP contribution in [0.2, 0.25) is 0 Å². The van der Waals surface area contributed by atoms with Crippen LogP contribution in [0, 0.1) is 5.41 Å². The number of hydrogen-bond acceptors (Lipinski definition) is 4. The number of nitrogens with zero attached hydrogens (tertiary/aromatic N) is 1. The molecule has 1 aromatic heterocycles. The molecular weight excluding hydrogens is 376 g/mol. The maximum Gasteiger partial charge on any atom is 0.238 e. The number of allylic oxidation sites excluding steroid dienone is 4. The van der Waals surface area contributed by atoms with Crippen LogP contribution in [0.4, 0.5) is 0 Å². The predicted octanol–water partition coefficient (Wildman–Crippen LogP) is 4.49. The Morgan fingerprint density at radius 2 is 1.67 bits per heavy atom. The molecule has 0 bridgehead atoms. The summed E-state index contributed by atoms with van der Waals surface area (Å²) < 4.78 is 23.1. The average Bonchev–Trinajstić information content (AvgIpc) is 3.28. The number of thioether (sulfide) groups is 1. The van der Waals surface area contributed by atoms with Crippen molar-refractivity contribution in [2.45, 2.75) is 35.5 Å². The van der Waals surface area contributed by atoms with Crippen LogP contribution >= 0.6 is 11.8 Å². The van der Waals surface area contributed by atoms with Crippen LogP contribution < -0.4 is 5.14 Å². The molecule has 0 amide bonds. The molecular formula is C21H22N2O2S2. The fourth-order valence-electron chi connectivity index (χ4n) is 4.03. The number of sulfonamides is 1. The monoisotopic (exact) mass is 398 g/mol. The third-order valence-corrected chi connectivity index (χ3v) is 7.07. The van der Waals surface area contributed by atoms with Crippen LogP contribution in [0.3, 0.4) is 0 Å². The Balaban J connectivity index is 1.77. The summed E-state index contributed by atoms with van der Waals surface area (Å²) in [5, 5.41) is 5.23. The molecule has 2 aliphatic carbocycles. The highest BCUT2D eigenvalue weighted by Crippen LogP contribution is 2.51. The molecule has 140 valence electrons. The van der Waals surface area contributed by atoms with E-state index in [0.717, 1.165) is 40.1 Å². The standard InChI is InChI=1S/C21H22N2O2S2/c1-26-16-6-9-20(23-14-16)19-13-21(10-2-3-11-21)12-18(19)15-4-7-17(8-5-15)27(22,24)25/h4-9,12-14H,2-3,10-11H2,1H3,(H2,22,24,25). The summed E-state index contributed by atoms with van der Waals surface area (Å²) in [4.78, 5) is 5.94. The van der Waals surface area contributed by atoms with Gasteiger partial charge in [-0.1, -0.05) is 37.1 Å². The summed E-state index contributed by atoms with van der Waals surface area (Å²) in [6, 6.07) is 11.0. The van der Waals surface area contributed by atoms with Crippen molar-refractivity contribution < 1.29 is 8.42 Å². The number of pyridine rings is 1. The lowest BCUT2D eigenvalue weighted by atomic mass is 9.88. The average molecular weight is 399 g/mol. The van der Waals surface area contributed by atoms with E-state index in [0.29, 0.717) is 0 Å². The van der Waals surface area contributed by atoms with Gasteiger partial charge in [-0.2, -0.15) is 0 Å². The van der Waals surface area contributed by atoms with Crippen LogP contribution in [0.5, 0.6) is 0 Å². The Hall–Kier alpha value is -1.89. The second-order valence-electron chi connectivity index (χ2n) is 7.21. The van der Waals surface area contributed by atoms with Crippen LogP contribution in [0.15, 0.2) is 64.5 Å². The minimum Gasteiger partial charge on any atom is -0.255 e. The SMILES string of the molecule is CSc1ccc(C2=CC3(C=C2c2ccc(S(N)(=O)=O)cc2)CCCC3)nc1. The maximum atomic E-state index is 11.6. The summed E-state index contributed by atoms with van der Waals surface area (Å²) in [6.07, 6.45) is 13.4. The largest absolute Gasteiger partial charge is 0.255 e. The zero-order chi connectivity index (χ0) is 19.1. The van der Waals surface area contributed by atoms with Crippen molar-refractivity contribution in [1.29, 1.82) is 0 Å². The number of benzene rings is 1. The summed E-state index contributed by atoms with van der Waals surface area (Å²) in [6.45, 7) is 0. The van der Waals surface area contributed by atoms with E-state index in [4.69, 9.17) is 5.14 Å². The van der Waals surface area contributed by atoms with Gasteiger partial charge in [0.15, 0.2) is 0 Å². The number of nitrogens with two attached hydrogens (primary N) is 1. The molecule has 1 fully saturated rings. The topological polar surface area (TPSA) is 73.1 Å². The Bertz CT molecular complexity index is 1010. The maximum absolute atomic E-state index is 11.6. The molecule has 6 heteroatoms. The van der Waals surface area contributed by atoms with Gasteiger partial charge in [-0.05, 0) is 54.5 Å². The molecule has 0 saturated heterocycles. The van der Waals surface area contributed by atoms with Crippen LogP contribution in [0.25, 0.3) is 11.1 Å². The molecule has 4 rings (SSSR count). The van der Waals surface area contributed by atoms with Crippen molar-refractivity contribution in [3.8, 4) is 0 Å². The lowest BCUT2D eigenvalue weighted by Gasteiger charge is -2.16. The zero-order valence-electron chi connectivity index (χ0n) is 15.2. The molecule has 0 aliphatic heterocycles. The molecule has 2 aliphatic rings. The van der Waals surface area contributed by atoms with E-state index < -0.39 is 10.0 Å². The van der Waals surface area contributed by atoms with E-state index in [1.165, 1.54) is 12.8 Å². The molecule has 2 aromatic rings. The van der Waals surface area contributed by atoms with Crippen molar-refractivity contribution in [3.05, 3.63) is 66.0 Å². The van der Waals surface area contributed by atoms with Gasteiger partial charge in [-0.25, -0.2) is 13.6 Å². The van der Waals surface area contributed by atoms with Gasteiger partial charge < -0.3 is 0 Å². The third kappa shape index (κ3) is 3.61. The molecule has 27 heavy (non-hydrogen) atoms. The predicted molar refractivity (Wildman–Crippen MR) is 111 cm³/mol. The first-order valence-corrected chi connectivity index (χ1v) is 11.8. The fraction of sp³-hybridized carbons (Fsp3) is 0.286. The lowest BCUT2D eigenvalue weighted by Crippen LogP contribution is -2.11. The molecule has 1 aromatic carbocycles. The Morgan fingerprint density at radius 3 is 2.22 bits per heavy atom. The number of rotatable bonds is 4. The third-order valence-electron chi connectivity index (χ3n) is 5.43. The van der Waals surface area contributed by atoms with Gasteiger partial charge in [-0.15, -0.1) is 11.8 Å². The lowest BCUT2D eigenvalue weighted by molar-refractivity contribution is 0.523. The normalized spacial score (nSPS) is 18.6. The number of aromatic nitrogens is 1. The highest BCUT2D eigenvalue weighted by atomic mass is 32.2. The van der Waals surface area contributed by atoms with Gasteiger partial charge >= 0.3 is 0 Å². The summed E-state index contributed by atoms with van der Waals surface area (Å²) >= 11 is 1.67. The van der Waals surface area contributed by atoms with Crippen LogP contribution in [0.1, 0.15) is 36.9 Å². The van der Waals surface area contributed by atoms with Gasteiger partial charge in [-0.3, -0.25) is 4.98 Å². The summed E-state index contributed by atoms with van der Waals surface area (Å²) in [5.74, 6) is 0. The minimum atomic E-state index is -3.69. The molecule has 2 N–H and O–H groups in total. The highest BCUT2D eigenvalue weighted by Gasteiger charge is 2.36. The van der Waals surface area contributed by atoms with E-state index in [-0.39, 0.29) is 10.3 Å². The van der Waals surface area contributed by atoms with Gasteiger partial charge in [0.2, 0.25) is 10.0 Å². The first-order chi connectivity index (χ1) is 12.9. The van der Waals surface area contributed by atoms with Gasteiger partial charge in [0.05, 0.1) is 10.6 Å². The quantitative estimate of drug-likeness (QED) is 0.770. The van der Waals surface area contributed by atoms with Gasteiger partial charge in [0.1, 0.15) is 0 Å². The van der Waals surface area contributed by atoms with E-state index in [2.05, 4.69) is 29.3 Å². The molecule has 1 heterocycles. The number of hydrogen-bond donors (Lipinski definition) is 1. The second-order valence-corrected chi connectivity index (χ2v) is 9.65. The van der Waals surface area contributed by atoms with Crippen molar-refractivity contribution in [3.63, 3.8) is 0 Å². The van der Waals surface area contributed by atoms with Crippen LogP contribution in [-0.4, -0.2) is 19.7 Å². The van der Waals surface area contributed by atoms with Crippen molar-refractivity contribution in [2.24, 2.45) is 10.6 Å². The molecule has 0 atom stereocenters. The van der Waals surface area contributed by atoms with Gasteiger partial charge in [0, 0.05) is 22.1 Å². The van der Waals surface area contributed by atoms with Crippen molar-refractivity contribution in [2.75, 3.05) is 6.26 Å². The molecule has 1 saturated carbocycles. The first-order valence-electron chi connectivity index (χ1n) is 9.00. The van der Waals surface area contributed by atoms with E-state index in [9.17, 15) is 8.42 Å². The molecule has 1 spiro atoms.